The van der Waals surface area contributed by atoms with Crippen LogP contribution in [0.3, 0.4) is 0 Å². The van der Waals surface area contributed by atoms with Crippen molar-refractivity contribution in [3.8, 4) is 0 Å². The number of amides is 1. The summed E-state index contributed by atoms with van der Waals surface area (Å²) in [5.74, 6) is -0.500. The van der Waals surface area contributed by atoms with Crippen LogP contribution in [0.2, 0.25) is 0 Å². The van der Waals surface area contributed by atoms with Crippen LogP contribution in [0.25, 0.3) is 0 Å². The maximum Gasteiger partial charge on any atom is 0.306 e. The van der Waals surface area contributed by atoms with Crippen molar-refractivity contribution in [2.45, 2.75) is 264 Å². The molecule has 3 N–H and O–H groups in total. The van der Waals surface area contributed by atoms with Gasteiger partial charge in [0.25, 0.3) is 0 Å². The number of rotatable bonds is 43. The Morgan fingerprint density at radius 1 is 0.518 bits per heavy atom. The number of nitrogens with one attached hydrogen (secondary N) is 1. The monoisotopic (exact) mass is 788 g/mol. The summed E-state index contributed by atoms with van der Waals surface area (Å²) in [5, 5.41) is 23.7. The van der Waals surface area contributed by atoms with Gasteiger partial charge < -0.3 is 20.3 Å². The predicted molar refractivity (Wildman–Crippen MR) is 241 cm³/mol. The molecule has 6 heteroatoms. The van der Waals surface area contributed by atoms with E-state index in [9.17, 15) is 19.8 Å². The Morgan fingerprint density at radius 3 is 1.43 bits per heavy atom. The lowest BCUT2D eigenvalue weighted by atomic mass is 10.0. The van der Waals surface area contributed by atoms with Crippen molar-refractivity contribution in [3.63, 3.8) is 0 Å². The van der Waals surface area contributed by atoms with E-state index in [0.717, 1.165) is 77.0 Å². The Labute approximate surface area is 347 Å². The summed E-state index contributed by atoms with van der Waals surface area (Å²) in [6, 6.07) is -0.705. The summed E-state index contributed by atoms with van der Waals surface area (Å²) in [4.78, 5) is 26.0. The Morgan fingerprint density at radius 2 is 0.911 bits per heavy atom. The van der Waals surface area contributed by atoms with Crippen LogP contribution in [-0.2, 0) is 14.3 Å². The van der Waals surface area contributed by atoms with Gasteiger partial charge in [-0.1, -0.05) is 192 Å². The standard InChI is InChI=1S/C50H93NO5/c1-4-7-10-13-16-19-22-24-25-26-28-31-34-37-40-43-50(55)56-46(41-38-35-32-29-21-18-15-12-9-6-3)44-49(54)51-47(45-52)48(53)42-39-36-33-30-27-23-20-17-14-11-8-5-2/h16,18-19,21-22,24,46-48,52-53H,4-15,17,20,23,25-45H2,1-3H3,(H,51,54)/b19-16+,21-18-,24-22+. The molecule has 0 aliphatic rings. The van der Waals surface area contributed by atoms with E-state index in [1.807, 2.05) is 0 Å². The Hall–Kier alpha value is -1.92. The van der Waals surface area contributed by atoms with Gasteiger partial charge in [-0.3, -0.25) is 9.59 Å². The van der Waals surface area contributed by atoms with Gasteiger partial charge in [0.15, 0.2) is 0 Å². The van der Waals surface area contributed by atoms with Crippen LogP contribution in [-0.4, -0.2) is 46.9 Å². The number of aliphatic hydroxyl groups is 2. The first kappa shape index (κ1) is 54.1. The molecule has 0 bridgehead atoms. The number of hydrogen-bond acceptors (Lipinski definition) is 5. The molecule has 0 saturated heterocycles. The van der Waals surface area contributed by atoms with Crippen molar-refractivity contribution < 1.29 is 24.5 Å². The Bertz CT molecular complexity index is 930. The molecule has 0 radical (unpaired) electrons. The molecule has 56 heavy (non-hydrogen) atoms. The highest BCUT2D eigenvalue weighted by molar-refractivity contribution is 5.77. The minimum absolute atomic E-state index is 0.0635. The van der Waals surface area contributed by atoms with Gasteiger partial charge in [0.2, 0.25) is 5.91 Å². The first-order valence-corrected chi connectivity index (χ1v) is 24.2. The summed E-state index contributed by atoms with van der Waals surface area (Å²) >= 11 is 0. The number of esters is 1. The second kappa shape index (κ2) is 44.2. The van der Waals surface area contributed by atoms with Crippen LogP contribution >= 0.6 is 0 Å². The molecule has 3 unspecified atom stereocenters. The molecule has 0 aromatic carbocycles. The van der Waals surface area contributed by atoms with E-state index >= 15 is 0 Å². The molecular weight excluding hydrogens is 695 g/mol. The lowest BCUT2D eigenvalue weighted by Gasteiger charge is -2.24. The highest BCUT2D eigenvalue weighted by atomic mass is 16.5. The molecule has 3 atom stereocenters. The van der Waals surface area contributed by atoms with Crippen molar-refractivity contribution in [1.29, 1.82) is 0 Å². The third kappa shape index (κ3) is 38.9. The molecule has 0 aliphatic carbocycles. The lowest BCUT2D eigenvalue weighted by Crippen LogP contribution is -2.46. The van der Waals surface area contributed by atoms with E-state index in [1.54, 1.807) is 0 Å². The topological polar surface area (TPSA) is 95.9 Å². The number of carbonyl (C=O) groups is 2. The van der Waals surface area contributed by atoms with Gasteiger partial charge >= 0.3 is 5.97 Å². The Balaban J connectivity index is 4.55. The minimum atomic E-state index is -0.790. The molecular formula is C50H93NO5. The second-order valence-corrected chi connectivity index (χ2v) is 16.5. The smallest absolute Gasteiger partial charge is 0.306 e. The predicted octanol–water partition coefficient (Wildman–Crippen LogP) is 14.1. The van der Waals surface area contributed by atoms with Crippen molar-refractivity contribution in [1.82, 2.24) is 5.32 Å². The van der Waals surface area contributed by atoms with E-state index in [-0.39, 0.29) is 24.9 Å². The number of unbranched alkanes of at least 4 members (excludes halogenated alkanes) is 26. The zero-order valence-electron chi connectivity index (χ0n) is 37.3. The molecule has 6 nitrogen and oxygen atoms in total. The van der Waals surface area contributed by atoms with Crippen LogP contribution in [0.15, 0.2) is 36.5 Å². The molecule has 0 spiro atoms. The maximum absolute atomic E-state index is 13.1. The SMILES string of the molecule is CCCCC/C=C\CCCCCC(CC(=O)NC(CO)C(O)CCCCCCCCCCCCCC)OC(=O)CCCCCCCC/C=C/C=C/CCCCC. The molecule has 0 saturated carbocycles. The summed E-state index contributed by atoms with van der Waals surface area (Å²) in [5.41, 5.74) is 0. The summed E-state index contributed by atoms with van der Waals surface area (Å²) in [6.45, 7) is 6.41. The quantitative estimate of drug-likeness (QED) is 0.0247. The molecule has 0 heterocycles. The van der Waals surface area contributed by atoms with Gasteiger partial charge in [-0.25, -0.2) is 0 Å². The molecule has 0 aromatic rings. The van der Waals surface area contributed by atoms with Gasteiger partial charge in [0.1, 0.15) is 6.10 Å². The summed E-state index contributed by atoms with van der Waals surface area (Å²) in [6.07, 6.45) is 50.6. The van der Waals surface area contributed by atoms with E-state index in [0.29, 0.717) is 19.3 Å². The third-order valence-electron chi connectivity index (χ3n) is 11.0. The highest BCUT2D eigenvalue weighted by Gasteiger charge is 2.24. The van der Waals surface area contributed by atoms with E-state index in [1.165, 1.54) is 122 Å². The maximum atomic E-state index is 13.1. The van der Waals surface area contributed by atoms with Crippen LogP contribution < -0.4 is 5.32 Å². The van der Waals surface area contributed by atoms with Crippen LogP contribution in [0.4, 0.5) is 0 Å². The minimum Gasteiger partial charge on any atom is -0.462 e. The first-order valence-electron chi connectivity index (χ1n) is 24.2. The van der Waals surface area contributed by atoms with Crippen molar-refractivity contribution >= 4 is 11.9 Å². The van der Waals surface area contributed by atoms with E-state index in [4.69, 9.17) is 4.74 Å². The number of carbonyl (C=O) groups excluding carboxylic acids is 2. The number of allylic oxidation sites excluding steroid dienone is 6. The van der Waals surface area contributed by atoms with E-state index < -0.39 is 18.2 Å². The fourth-order valence-electron chi connectivity index (χ4n) is 7.24. The normalized spacial score (nSPS) is 13.6. The lowest BCUT2D eigenvalue weighted by molar-refractivity contribution is -0.151. The number of hydrogen-bond donors (Lipinski definition) is 3. The van der Waals surface area contributed by atoms with Gasteiger partial charge in [0, 0.05) is 6.42 Å². The van der Waals surface area contributed by atoms with Gasteiger partial charge in [-0.15, -0.1) is 0 Å². The number of aliphatic hydroxyl groups excluding tert-OH is 2. The van der Waals surface area contributed by atoms with Gasteiger partial charge in [-0.2, -0.15) is 0 Å². The first-order chi connectivity index (χ1) is 27.5. The number of ether oxygens (including phenoxy) is 1. The largest absolute Gasteiger partial charge is 0.462 e. The zero-order valence-corrected chi connectivity index (χ0v) is 37.3. The fraction of sp³-hybridized carbons (Fsp3) is 0.840. The van der Waals surface area contributed by atoms with Crippen molar-refractivity contribution in [3.05, 3.63) is 36.5 Å². The highest BCUT2D eigenvalue weighted by Crippen LogP contribution is 2.17. The van der Waals surface area contributed by atoms with Gasteiger partial charge in [0.05, 0.1) is 25.2 Å². The third-order valence-corrected chi connectivity index (χ3v) is 11.0. The van der Waals surface area contributed by atoms with E-state index in [2.05, 4.69) is 62.5 Å². The van der Waals surface area contributed by atoms with Gasteiger partial charge in [-0.05, 0) is 77.0 Å². The second-order valence-electron chi connectivity index (χ2n) is 16.5. The Kier molecular flexibility index (Phi) is 42.7. The molecule has 0 aromatic heterocycles. The van der Waals surface area contributed by atoms with Crippen LogP contribution in [0, 0.1) is 0 Å². The zero-order chi connectivity index (χ0) is 41.0. The van der Waals surface area contributed by atoms with Crippen LogP contribution in [0.5, 0.6) is 0 Å². The molecule has 328 valence electrons. The van der Waals surface area contributed by atoms with Crippen molar-refractivity contribution in [2.24, 2.45) is 0 Å². The molecule has 1 amide bonds. The van der Waals surface area contributed by atoms with Crippen molar-refractivity contribution in [2.75, 3.05) is 6.61 Å². The average molecular weight is 788 g/mol. The molecule has 0 fully saturated rings. The van der Waals surface area contributed by atoms with Crippen LogP contribution in [0.1, 0.15) is 245 Å². The summed E-state index contributed by atoms with van der Waals surface area (Å²) < 4.78 is 5.90. The molecule has 0 aliphatic heterocycles. The fourth-order valence-corrected chi connectivity index (χ4v) is 7.24. The molecule has 0 rings (SSSR count). The average Bonchev–Trinajstić information content (AvgIpc) is 3.19. The summed E-state index contributed by atoms with van der Waals surface area (Å²) in [7, 11) is 0.